The van der Waals surface area contributed by atoms with Crippen LogP contribution in [0.5, 0.6) is 0 Å². The van der Waals surface area contributed by atoms with Crippen molar-refractivity contribution in [3.63, 3.8) is 0 Å². The number of nitrogens with one attached hydrogen (secondary N) is 1. The van der Waals surface area contributed by atoms with Gasteiger partial charge in [0.05, 0.1) is 12.2 Å². The number of fused-ring (bicyclic) bond motifs is 1. The number of hydrogen-bond acceptors (Lipinski definition) is 5. The summed E-state index contributed by atoms with van der Waals surface area (Å²) >= 11 is 1.43. The number of nitrogens with zero attached hydrogens (tertiary/aromatic N) is 4. The molecule has 21 heavy (non-hydrogen) atoms. The van der Waals surface area contributed by atoms with Gasteiger partial charge in [0.25, 0.3) is 0 Å². The van der Waals surface area contributed by atoms with E-state index in [1.54, 1.807) is 28.0 Å². The molecular weight excluding hydrogens is 290 g/mol. The average molecular weight is 305 g/mol. The molecule has 1 N–H and O–H groups in total. The van der Waals surface area contributed by atoms with Crippen molar-refractivity contribution >= 4 is 28.3 Å². The van der Waals surface area contributed by atoms with Crippen LogP contribution in [-0.2, 0) is 29.1 Å². The van der Waals surface area contributed by atoms with Gasteiger partial charge in [-0.3, -0.25) is 14.3 Å². The van der Waals surface area contributed by atoms with Gasteiger partial charge in [-0.2, -0.15) is 5.10 Å². The van der Waals surface area contributed by atoms with Crippen molar-refractivity contribution in [2.45, 2.75) is 26.4 Å². The van der Waals surface area contributed by atoms with Gasteiger partial charge in [0, 0.05) is 37.2 Å². The highest BCUT2D eigenvalue weighted by molar-refractivity contribution is 7.15. The molecule has 2 aromatic rings. The van der Waals surface area contributed by atoms with Crippen molar-refractivity contribution in [3.8, 4) is 0 Å². The minimum atomic E-state index is -0.132. The van der Waals surface area contributed by atoms with Crippen LogP contribution in [0, 0.1) is 0 Å². The Kier molecular flexibility index (Phi) is 3.70. The van der Waals surface area contributed by atoms with E-state index in [1.165, 1.54) is 18.3 Å². The third-order valence-electron chi connectivity index (χ3n) is 3.22. The van der Waals surface area contributed by atoms with E-state index in [2.05, 4.69) is 15.4 Å². The van der Waals surface area contributed by atoms with Crippen LogP contribution in [0.15, 0.2) is 18.5 Å². The minimum Gasteiger partial charge on any atom is -0.335 e. The van der Waals surface area contributed by atoms with Gasteiger partial charge >= 0.3 is 0 Å². The summed E-state index contributed by atoms with van der Waals surface area (Å²) in [5.41, 5.74) is 0.979. The molecule has 2 aromatic heterocycles. The number of thiazole rings is 1. The molecule has 0 fully saturated rings. The number of carbonyl (C=O) groups is 2. The van der Waals surface area contributed by atoms with E-state index in [4.69, 9.17) is 0 Å². The Labute approximate surface area is 125 Å². The smallest absolute Gasteiger partial charge is 0.244 e. The van der Waals surface area contributed by atoms with E-state index >= 15 is 0 Å². The van der Waals surface area contributed by atoms with E-state index in [9.17, 15) is 9.59 Å². The highest BCUT2D eigenvalue weighted by atomic mass is 32.1. The number of hydrogen-bond donors (Lipinski definition) is 1. The molecule has 3 heterocycles. The van der Waals surface area contributed by atoms with Crippen LogP contribution in [0.1, 0.15) is 17.5 Å². The van der Waals surface area contributed by atoms with Crippen molar-refractivity contribution in [1.82, 2.24) is 19.7 Å². The van der Waals surface area contributed by atoms with Crippen LogP contribution in [-0.4, -0.2) is 38.0 Å². The molecule has 0 aliphatic carbocycles. The van der Waals surface area contributed by atoms with Crippen LogP contribution in [0.3, 0.4) is 0 Å². The zero-order valence-corrected chi connectivity index (χ0v) is 12.4. The molecule has 2 amide bonds. The number of aromatic nitrogens is 3. The average Bonchev–Trinajstić information content (AvgIpc) is 3.05. The van der Waals surface area contributed by atoms with Gasteiger partial charge in [0.15, 0.2) is 5.13 Å². The lowest BCUT2D eigenvalue weighted by Gasteiger charge is -2.26. The summed E-state index contributed by atoms with van der Waals surface area (Å²) in [5, 5.41) is 7.34. The fourth-order valence-electron chi connectivity index (χ4n) is 2.24. The molecule has 0 unspecified atom stereocenters. The Morgan fingerprint density at radius 2 is 2.33 bits per heavy atom. The Hall–Kier alpha value is -2.22. The lowest BCUT2D eigenvalue weighted by molar-refractivity contribution is -0.132. The van der Waals surface area contributed by atoms with Gasteiger partial charge in [-0.15, -0.1) is 0 Å². The maximum atomic E-state index is 12.2. The van der Waals surface area contributed by atoms with Gasteiger partial charge in [-0.05, 0) is 6.07 Å². The molecule has 0 aromatic carbocycles. The standard InChI is InChI=1S/C13H15N5O2S/c1-9(19)15-13-16-10-3-6-17(7-11(10)21-13)12(20)8-18-5-2-4-14-18/h2,4-5H,3,6-8H2,1H3,(H,15,16,19). The predicted octanol–water partition coefficient (Wildman–Crippen LogP) is 0.883. The Balaban J connectivity index is 1.67. The predicted molar refractivity (Wildman–Crippen MR) is 77.8 cm³/mol. The van der Waals surface area contributed by atoms with Gasteiger partial charge in [-0.25, -0.2) is 4.98 Å². The summed E-state index contributed by atoms with van der Waals surface area (Å²) in [6, 6.07) is 1.80. The normalized spacial score (nSPS) is 13.9. The molecule has 7 nitrogen and oxygen atoms in total. The highest BCUT2D eigenvalue weighted by Crippen LogP contribution is 2.28. The molecule has 0 spiro atoms. The molecule has 0 radical (unpaired) electrons. The van der Waals surface area contributed by atoms with Crippen LogP contribution < -0.4 is 5.32 Å². The second kappa shape index (κ2) is 5.65. The van der Waals surface area contributed by atoms with E-state index in [0.717, 1.165) is 17.0 Å². The molecule has 1 aliphatic rings. The largest absolute Gasteiger partial charge is 0.335 e. The van der Waals surface area contributed by atoms with Crippen LogP contribution in [0.4, 0.5) is 5.13 Å². The summed E-state index contributed by atoms with van der Waals surface area (Å²) in [4.78, 5) is 30.5. The fourth-order valence-corrected chi connectivity index (χ4v) is 3.31. The first-order chi connectivity index (χ1) is 10.1. The Morgan fingerprint density at radius 3 is 3.05 bits per heavy atom. The first kappa shape index (κ1) is 13.7. The van der Waals surface area contributed by atoms with Crippen molar-refractivity contribution in [1.29, 1.82) is 0 Å². The Morgan fingerprint density at radius 1 is 1.48 bits per heavy atom. The summed E-state index contributed by atoms with van der Waals surface area (Å²) in [6.07, 6.45) is 4.15. The number of rotatable bonds is 3. The Bertz CT molecular complexity index is 664. The second-order valence-electron chi connectivity index (χ2n) is 4.84. The molecule has 0 bridgehead atoms. The van der Waals surface area contributed by atoms with Crippen molar-refractivity contribution in [2.75, 3.05) is 11.9 Å². The van der Waals surface area contributed by atoms with E-state index in [1.807, 2.05) is 0 Å². The first-order valence-corrected chi connectivity index (χ1v) is 7.45. The van der Waals surface area contributed by atoms with E-state index in [-0.39, 0.29) is 18.4 Å². The third-order valence-corrected chi connectivity index (χ3v) is 4.22. The number of anilines is 1. The van der Waals surface area contributed by atoms with Gasteiger partial charge in [-0.1, -0.05) is 11.3 Å². The molecule has 1 aliphatic heterocycles. The number of carbonyl (C=O) groups excluding carboxylic acids is 2. The molecule has 8 heteroatoms. The summed E-state index contributed by atoms with van der Waals surface area (Å²) < 4.78 is 1.62. The quantitative estimate of drug-likeness (QED) is 0.913. The number of amides is 2. The summed E-state index contributed by atoms with van der Waals surface area (Å²) in [6.45, 7) is 2.91. The summed E-state index contributed by atoms with van der Waals surface area (Å²) in [5.74, 6) is -0.0912. The summed E-state index contributed by atoms with van der Waals surface area (Å²) in [7, 11) is 0. The van der Waals surface area contributed by atoms with Crippen molar-refractivity contribution in [3.05, 3.63) is 29.0 Å². The zero-order chi connectivity index (χ0) is 14.8. The fraction of sp³-hybridized carbons (Fsp3) is 0.385. The lowest BCUT2D eigenvalue weighted by Crippen LogP contribution is -2.37. The molecule has 0 saturated heterocycles. The van der Waals surface area contributed by atoms with E-state index in [0.29, 0.717) is 18.2 Å². The van der Waals surface area contributed by atoms with Crippen LogP contribution in [0.2, 0.25) is 0 Å². The molecular formula is C13H15N5O2S. The molecule has 3 rings (SSSR count). The third kappa shape index (κ3) is 3.10. The monoisotopic (exact) mass is 305 g/mol. The van der Waals surface area contributed by atoms with Crippen molar-refractivity contribution < 1.29 is 9.59 Å². The van der Waals surface area contributed by atoms with Gasteiger partial charge < -0.3 is 10.2 Å². The van der Waals surface area contributed by atoms with Gasteiger partial charge in [0.1, 0.15) is 6.54 Å². The minimum absolute atomic E-state index is 0.0406. The highest BCUT2D eigenvalue weighted by Gasteiger charge is 2.24. The lowest BCUT2D eigenvalue weighted by atomic mass is 10.2. The topological polar surface area (TPSA) is 80.1 Å². The SMILES string of the molecule is CC(=O)Nc1nc2c(s1)CN(C(=O)Cn1cccn1)CC2. The second-order valence-corrected chi connectivity index (χ2v) is 5.92. The van der Waals surface area contributed by atoms with E-state index < -0.39 is 0 Å². The first-order valence-electron chi connectivity index (χ1n) is 6.63. The maximum absolute atomic E-state index is 12.2. The molecule has 110 valence electrons. The molecule has 0 saturated carbocycles. The van der Waals surface area contributed by atoms with Gasteiger partial charge in [0.2, 0.25) is 11.8 Å². The van der Waals surface area contributed by atoms with Crippen LogP contribution >= 0.6 is 11.3 Å². The van der Waals surface area contributed by atoms with Crippen molar-refractivity contribution in [2.24, 2.45) is 0 Å². The maximum Gasteiger partial charge on any atom is 0.244 e. The molecule has 0 atom stereocenters. The zero-order valence-electron chi connectivity index (χ0n) is 11.6. The van der Waals surface area contributed by atoms with Crippen LogP contribution in [0.25, 0.3) is 0 Å².